The average Bonchev–Trinajstić information content (AvgIpc) is 3.30. The first-order chi connectivity index (χ1) is 11.6. The molecule has 0 aliphatic carbocycles. The number of aromatic nitrogens is 6. The van der Waals surface area contributed by atoms with Gasteiger partial charge >= 0.3 is 0 Å². The Morgan fingerprint density at radius 3 is 2.75 bits per heavy atom. The number of rotatable bonds is 6. The van der Waals surface area contributed by atoms with E-state index < -0.39 is 0 Å². The molecule has 8 nitrogen and oxygen atoms in total. The number of nitrogens with zero attached hydrogens (tertiary/aromatic N) is 7. The van der Waals surface area contributed by atoms with Gasteiger partial charge in [0.2, 0.25) is 0 Å². The van der Waals surface area contributed by atoms with Gasteiger partial charge in [-0.3, -0.25) is 18.8 Å². The van der Waals surface area contributed by atoms with Gasteiger partial charge in [0.05, 0.1) is 6.20 Å². The summed E-state index contributed by atoms with van der Waals surface area (Å²) in [6, 6.07) is 3.58. The van der Waals surface area contributed by atoms with E-state index in [4.69, 9.17) is 0 Å². The first kappa shape index (κ1) is 16.0. The van der Waals surface area contributed by atoms with Crippen LogP contribution in [0.4, 0.5) is 0 Å². The third-order valence-corrected chi connectivity index (χ3v) is 3.97. The Morgan fingerprint density at radius 2 is 2.08 bits per heavy atom. The second-order valence-corrected chi connectivity index (χ2v) is 5.66. The summed E-state index contributed by atoms with van der Waals surface area (Å²) < 4.78 is 5.36. The number of aryl methyl sites for hydroxylation is 1. The Morgan fingerprint density at radius 1 is 1.25 bits per heavy atom. The predicted molar refractivity (Wildman–Crippen MR) is 88.3 cm³/mol. The molecule has 0 spiro atoms. The molecule has 0 aromatic carbocycles. The van der Waals surface area contributed by atoms with Crippen LogP contribution in [0.3, 0.4) is 0 Å². The first-order valence-electron chi connectivity index (χ1n) is 7.86. The molecule has 0 saturated heterocycles. The molecule has 0 atom stereocenters. The number of hydrogen-bond donors (Lipinski definition) is 0. The Balaban J connectivity index is 1.67. The lowest BCUT2D eigenvalue weighted by Gasteiger charge is -2.15. The highest BCUT2D eigenvalue weighted by Gasteiger charge is 2.17. The molecule has 1 amide bonds. The second-order valence-electron chi connectivity index (χ2n) is 5.66. The third-order valence-electron chi connectivity index (χ3n) is 3.97. The molecule has 3 aromatic rings. The van der Waals surface area contributed by atoms with Crippen LogP contribution in [0.5, 0.6) is 0 Å². The van der Waals surface area contributed by atoms with Gasteiger partial charge in [0.1, 0.15) is 12.4 Å². The molecule has 0 saturated carbocycles. The molecule has 0 unspecified atom stereocenters. The third kappa shape index (κ3) is 3.22. The minimum Gasteiger partial charge on any atom is -0.336 e. The van der Waals surface area contributed by atoms with Gasteiger partial charge < -0.3 is 4.90 Å². The van der Waals surface area contributed by atoms with Gasteiger partial charge in [-0.1, -0.05) is 0 Å². The molecule has 8 heteroatoms. The highest BCUT2D eigenvalue weighted by Crippen LogP contribution is 2.11. The van der Waals surface area contributed by atoms with Gasteiger partial charge in [0.15, 0.2) is 0 Å². The summed E-state index contributed by atoms with van der Waals surface area (Å²) in [5.74, 6) is -0.113. The number of carbonyl (C=O) groups excluding carboxylic acids is 1. The van der Waals surface area contributed by atoms with Gasteiger partial charge in [-0.2, -0.15) is 15.3 Å². The van der Waals surface area contributed by atoms with E-state index in [1.165, 1.54) is 0 Å². The zero-order chi connectivity index (χ0) is 17.1. The fraction of sp³-hybridized carbons (Fsp3) is 0.375. The van der Waals surface area contributed by atoms with E-state index in [1.807, 2.05) is 37.0 Å². The summed E-state index contributed by atoms with van der Waals surface area (Å²) in [5, 5.41) is 12.8. The van der Waals surface area contributed by atoms with Crippen LogP contribution in [-0.2, 0) is 19.8 Å². The van der Waals surface area contributed by atoms with Crippen molar-refractivity contribution in [3.05, 3.63) is 53.9 Å². The molecule has 0 fully saturated rings. The molecule has 24 heavy (non-hydrogen) atoms. The molecule has 0 bridgehead atoms. The lowest BCUT2D eigenvalue weighted by molar-refractivity contribution is 0.0778. The van der Waals surface area contributed by atoms with E-state index in [1.54, 1.807) is 39.8 Å². The Labute approximate surface area is 140 Å². The van der Waals surface area contributed by atoms with E-state index in [0.717, 1.165) is 17.8 Å². The van der Waals surface area contributed by atoms with E-state index >= 15 is 0 Å². The van der Waals surface area contributed by atoms with Crippen molar-refractivity contribution in [3.63, 3.8) is 0 Å². The van der Waals surface area contributed by atoms with Crippen molar-refractivity contribution < 1.29 is 4.79 Å². The lowest BCUT2D eigenvalue weighted by Crippen LogP contribution is -2.27. The summed E-state index contributed by atoms with van der Waals surface area (Å²) in [6.07, 6.45) is 7.16. The molecule has 0 radical (unpaired) electrons. The zero-order valence-corrected chi connectivity index (χ0v) is 14.1. The van der Waals surface area contributed by atoms with Gasteiger partial charge in [-0.15, -0.1) is 0 Å². The Hall–Kier alpha value is -2.90. The smallest absolute Gasteiger partial charge is 0.274 e. The summed E-state index contributed by atoms with van der Waals surface area (Å²) >= 11 is 0. The van der Waals surface area contributed by atoms with E-state index in [9.17, 15) is 4.79 Å². The Bertz CT molecular complexity index is 815. The van der Waals surface area contributed by atoms with Crippen molar-refractivity contribution in [2.24, 2.45) is 0 Å². The van der Waals surface area contributed by atoms with Crippen LogP contribution >= 0.6 is 0 Å². The summed E-state index contributed by atoms with van der Waals surface area (Å²) in [4.78, 5) is 14.2. The van der Waals surface area contributed by atoms with Crippen LogP contribution in [0, 0.1) is 6.92 Å². The number of hydrogen-bond acceptors (Lipinski definition) is 4. The van der Waals surface area contributed by atoms with Crippen LogP contribution in [-0.4, -0.2) is 47.2 Å². The summed E-state index contributed by atoms with van der Waals surface area (Å²) in [6.45, 7) is 5.87. The largest absolute Gasteiger partial charge is 0.336 e. The highest BCUT2D eigenvalue weighted by molar-refractivity contribution is 5.91. The summed E-state index contributed by atoms with van der Waals surface area (Å²) in [7, 11) is 1.78. The Kier molecular flexibility index (Phi) is 4.45. The summed E-state index contributed by atoms with van der Waals surface area (Å²) in [5.41, 5.74) is 2.55. The first-order valence-corrected chi connectivity index (χ1v) is 7.86. The lowest BCUT2D eigenvalue weighted by atomic mass is 10.2. The fourth-order valence-corrected chi connectivity index (χ4v) is 2.57. The maximum Gasteiger partial charge on any atom is 0.274 e. The van der Waals surface area contributed by atoms with Gasteiger partial charge in [-0.25, -0.2) is 0 Å². The monoisotopic (exact) mass is 327 g/mol. The maximum absolute atomic E-state index is 12.6. The zero-order valence-electron chi connectivity index (χ0n) is 14.1. The van der Waals surface area contributed by atoms with Crippen molar-refractivity contribution in [3.8, 4) is 0 Å². The SMILES string of the molecule is CCn1ncc(CN(C)C(=O)c2ccn(Cn3cccn3)n2)c1C. The molecule has 126 valence electrons. The van der Waals surface area contributed by atoms with Crippen LogP contribution in [0.25, 0.3) is 0 Å². The van der Waals surface area contributed by atoms with Crippen LogP contribution in [0.2, 0.25) is 0 Å². The van der Waals surface area contributed by atoms with Crippen LogP contribution in [0.1, 0.15) is 28.7 Å². The average molecular weight is 327 g/mol. The van der Waals surface area contributed by atoms with Gasteiger partial charge in [0, 0.05) is 50.0 Å². The standard InChI is InChI=1S/C16H21N7O/c1-4-23-13(2)14(10-18-23)11-20(3)16(24)15-6-9-22(19-15)12-21-8-5-7-17-21/h5-10H,4,11-12H2,1-3H3. The quantitative estimate of drug-likeness (QED) is 0.685. The van der Waals surface area contributed by atoms with Gasteiger partial charge in [-0.05, 0) is 26.0 Å². The van der Waals surface area contributed by atoms with Crippen LogP contribution < -0.4 is 0 Å². The molecule has 0 aliphatic heterocycles. The molecule has 3 rings (SSSR count). The normalized spacial score (nSPS) is 11.0. The van der Waals surface area contributed by atoms with Crippen molar-refractivity contribution in [1.29, 1.82) is 0 Å². The molecule has 0 aliphatic rings. The van der Waals surface area contributed by atoms with E-state index in [0.29, 0.717) is 18.9 Å². The molecule has 0 N–H and O–H groups in total. The molecule has 3 aromatic heterocycles. The molecular formula is C16H21N7O. The fourth-order valence-electron chi connectivity index (χ4n) is 2.57. The van der Waals surface area contributed by atoms with Crippen molar-refractivity contribution >= 4 is 5.91 Å². The number of carbonyl (C=O) groups is 1. The van der Waals surface area contributed by atoms with Crippen molar-refractivity contribution in [1.82, 2.24) is 34.2 Å². The highest BCUT2D eigenvalue weighted by atomic mass is 16.2. The number of amides is 1. The second kappa shape index (κ2) is 6.69. The topological polar surface area (TPSA) is 73.8 Å². The molecule has 3 heterocycles. The predicted octanol–water partition coefficient (Wildman–Crippen LogP) is 1.38. The van der Waals surface area contributed by atoms with E-state index in [2.05, 4.69) is 15.3 Å². The van der Waals surface area contributed by atoms with Gasteiger partial charge in [0.25, 0.3) is 5.91 Å². The molecular weight excluding hydrogens is 306 g/mol. The van der Waals surface area contributed by atoms with Crippen LogP contribution in [0.15, 0.2) is 36.9 Å². The minimum atomic E-state index is -0.113. The maximum atomic E-state index is 12.6. The minimum absolute atomic E-state index is 0.113. The van der Waals surface area contributed by atoms with Crippen molar-refractivity contribution in [2.45, 2.75) is 33.6 Å². The van der Waals surface area contributed by atoms with Crippen molar-refractivity contribution in [2.75, 3.05) is 7.05 Å². The van der Waals surface area contributed by atoms with E-state index in [-0.39, 0.29) is 5.91 Å².